The number of benzene rings is 1. The first-order valence-corrected chi connectivity index (χ1v) is 14.4. The minimum Gasteiger partial charge on any atom is -0.346 e. The van der Waals surface area contributed by atoms with Crippen LogP contribution in [-0.2, 0) is 15.3 Å². The number of amides is 1. The highest BCUT2D eigenvalue weighted by Gasteiger charge is 2.44. The van der Waals surface area contributed by atoms with Crippen LogP contribution in [0.15, 0.2) is 54.0 Å². The number of hydrogen-bond acceptors (Lipinski definition) is 8. The van der Waals surface area contributed by atoms with Crippen LogP contribution in [0.5, 0.6) is 0 Å². The number of alkyl halides is 3. The van der Waals surface area contributed by atoms with Gasteiger partial charge in [-0.3, -0.25) is 18.9 Å². The molecule has 0 bridgehead atoms. The predicted octanol–water partition coefficient (Wildman–Crippen LogP) is 4.08. The maximum absolute atomic E-state index is 12.7. The summed E-state index contributed by atoms with van der Waals surface area (Å²) in [6, 6.07) is 9.08. The van der Waals surface area contributed by atoms with Crippen molar-refractivity contribution in [3.05, 3.63) is 65.3 Å². The minimum absolute atomic E-state index is 0.0126. The smallest absolute Gasteiger partial charge is 0.346 e. The minimum atomic E-state index is -5.32. The molecule has 1 aromatic carbocycles. The number of pyridine rings is 1. The quantitative estimate of drug-likeness (QED) is 0.170. The average Bonchev–Trinajstić information content (AvgIpc) is 3.29. The van der Waals surface area contributed by atoms with E-state index in [1.165, 1.54) is 30.3 Å². The molecule has 0 atom stereocenters. The van der Waals surface area contributed by atoms with Crippen LogP contribution in [0.4, 0.5) is 24.7 Å². The molecule has 3 heterocycles. The summed E-state index contributed by atoms with van der Waals surface area (Å²) in [4.78, 5) is 62.8. The van der Waals surface area contributed by atoms with E-state index in [2.05, 4.69) is 25.6 Å². The van der Waals surface area contributed by atoms with Crippen LogP contribution in [0.25, 0.3) is 21.6 Å². The molecule has 0 unspecified atom stereocenters. The van der Waals surface area contributed by atoms with Crippen molar-refractivity contribution < 1.29 is 46.7 Å². The van der Waals surface area contributed by atoms with E-state index in [1.54, 1.807) is 5.38 Å². The van der Waals surface area contributed by atoms with Gasteiger partial charge in [0, 0.05) is 17.4 Å². The second-order valence-corrected chi connectivity index (χ2v) is 12.4. The van der Waals surface area contributed by atoms with E-state index in [9.17, 15) is 46.7 Å². The van der Waals surface area contributed by atoms with Gasteiger partial charge >= 0.3 is 21.4 Å². The topological polar surface area (TPSA) is 195 Å². The zero-order valence-electron chi connectivity index (χ0n) is 18.6. The van der Waals surface area contributed by atoms with E-state index in [4.69, 9.17) is 0 Å². The van der Waals surface area contributed by atoms with Crippen molar-refractivity contribution in [3.8, 4) is 11.4 Å². The number of hydrogen-bond donors (Lipinski definition) is 6. The Morgan fingerprint density at radius 3 is 2.32 bits per heavy atom. The number of fused-ring (bicyclic) bond motifs is 1. The summed E-state index contributed by atoms with van der Waals surface area (Å²) in [6.45, 7) is 0. The molecule has 0 saturated heterocycles. The highest BCUT2D eigenvalue weighted by Crippen LogP contribution is 2.59. The molecule has 6 N–H and O–H groups in total. The van der Waals surface area contributed by atoms with E-state index >= 15 is 0 Å². The molecule has 0 radical (unpaired) electrons. The molecule has 0 aliphatic carbocycles. The molecule has 3 aromatic heterocycles. The van der Waals surface area contributed by atoms with Gasteiger partial charge in [-0.25, -0.2) is 9.97 Å². The molecule has 200 valence electrons. The summed E-state index contributed by atoms with van der Waals surface area (Å²) < 4.78 is 61.7. The Kier molecular flexibility index (Phi) is 7.43. The first-order valence-electron chi connectivity index (χ1n) is 10.2. The maximum Gasteiger partial charge on any atom is 0.417 e. The Morgan fingerprint density at radius 1 is 1.00 bits per heavy atom. The fourth-order valence-electron chi connectivity index (χ4n) is 3.21. The van der Waals surface area contributed by atoms with Gasteiger partial charge in [0.1, 0.15) is 16.3 Å². The van der Waals surface area contributed by atoms with E-state index in [1.807, 2.05) is 0 Å². The molecule has 0 aliphatic rings. The monoisotopic (exact) mass is 589 g/mol. The van der Waals surface area contributed by atoms with Gasteiger partial charge in [-0.05, 0) is 35.7 Å². The zero-order chi connectivity index (χ0) is 27.9. The largest absolute Gasteiger partial charge is 0.417 e. The molecular formula is C20H16F3N5O7P2S. The van der Waals surface area contributed by atoms with Crippen LogP contribution in [0, 0.1) is 0 Å². The number of nitrogens with zero attached hydrogens (tertiary/aromatic N) is 3. The number of rotatable bonds is 7. The van der Waals surface area contributed by atoms with E-state index in [0.717, 1.165) is 23.5 Å². The van der Waals surface area contributed by atoms with E-state index in [0.29, 0.717) is 16.6 Å². The lowest BCUT2D eigenvalue weighted by Gasteiger charge is -2.21. The molecule has 12 nitrogen and oxygen atoms in total. The number of carbonyl (C=O) groups is 1. The summed E-state index contributed by atoms with van der Waals surface area (Å²) in [5, 5.41) is 6.48. The summed E-state index contributed by atoms with van der Waals surface area (Å²) in [6.07, 6.45) is -4.07. The van der Waals surface area contributed by atoms with Crippen LogP contribution >= 0.6 is 26.5 Å². The van der Waals surface area contributed by atoms with Crippen molar-refractivity contribution in [2.75, 3.05) is 10.6 Å². The Bertz CT molecular complexity index is 1580. The summed E-state index contributed by atoms with van der Waals surface area (Å²) in [5.41, 5.74) is -3.34. The number of carbonyl (C=O) groups excluding carboxylic acids is 1. The predicted molar refractivity (Wildman–Crippen MR) is 132 cm³/mol. The second-order valence-electron chi connectivity index (χ2n) is 7.70. The third kappa shape index (κ3) is 6.25. The van der Waals surface area contributed by atoms with Gasteiger partial charge in [0.2, 0.25) is 5.52 Å². The number of thiophene rings is 1. The van der Waals surface area contributed by atoms with Crippen LogP contribution in [0.1, 0.15) is 16.1 Å². The summed E-state index contributed by atoms with van der Waals surface area (Å²) >= 11 is 1.13. The number of nitrogens with one attached hydrogen (secondary N) is 2. The fraction of sp³-hybridized carbons (Fsp3) is 0.100. The Balaban J connectivity index is 1.65. The standard InChI is InChI=1S/C20H16F3N5O7P2S/c21-20(22,23)11-4-5-14(24-9-11)17(29)25-12-3-1-2-10(8-12)15-26-16(13-6-7-38-18(13)27-15)28-19(36(30,31)32)37(33,34)35/h1-9,19H,(H,25,29)(H,26,27,28)(H2,30,31,32)(H2,33,34,35). The Labute approximate surface area is 214 Å². The third-order valence-corrected chi connectivity index (χ3v) is 9.07. The van der Waals surface area contributed by atoms with Gasteiger partial charge in [-0.2, -0.15) is 13.2 Å². The number of anilines is 2. The molecule has 4 aromatic rings. The Morgan fingerprint density at radius 2 is 1.71 bits per heavy atom. The van der Waals surface area contributed by atoms with Crippen molar-refractivity contribution in [2.24, 2.45) is 0 Å². The van der Waals surface area contributed by atoms with Crippen LogP contribution < -0.4 is 10.6 Å². The van der Waals surface area contributed by atoms with Gasteiger partial charge in [0.05, 0.1) is 10.9 Å². The molecule has 0 aliphatic heterocycles. The average molecular weight is 589 g/mol. The van der Waals surface area contributed by atoms with Crippen molar-refractivity contribution in [3.63, 3.8) is 0 Å². The van der Waals surface area contributed by atoms with Crippen LogP contribution in [0.3, 0.4) is 0 Å². The molecule has 4 rings (SSSR count). The van der Waals surface area contributed by atoms with Gasteiger partial charge in [-0.1, -0.05) is 12.1 Å². The lowest BCUT2D eigenvalue weighted by atomic mass is 10.1. The highest BCUT2D eigenvalue weighted by molar-refractivity contribution is 7.71. The third-order valence-electron chi connectivity index (χ3n) is 4.93. The number of aromatic nitrogens is 3. The normalized spacial score (nSPS) is 12.6. The molecule has 38 heavy (non-hydrogen) atoms. The van der Waals surface area contributed by atoms with Crippen LogP contribution in [0.2, 0.25) is 0 Å². The van der Waals surface area contributed by atoms with Crippen LogP contribution in [-0.4, -0.2) is 46.0 Å². The summed E-state index contributed by atoms with van der Waals surface area (Å²) in [5.74, 6) is -1.05. The van der Waals surface area contributed by atoms with E-state index in [-0.39, 0.29) is 28.4 Å². The number of halogens is 3. The van der Waals surface area contributed by atoms with E-state index < -0.39 is 38.4 Å². The molecule has 0 fully saturated rings. The van der Waals surface area contributed by atoms with Gasteiger partial charge in [-0.15, -0.1) is 11.3 Å². The first kappa shape index (κ1) is 27.8. The lowest BCUT2D eigenvalue weighted by molar-refractivity contribution is -0.137. The van der Waals surface area contributed by atoms with Crippen molar-refractivity contribution in [1.29, 1.82) is 0 Å². The SMILES string of the molecule is O=C(Nc1cccc(-c2nc(NC(P(=O)(O)O)P(=O)(O)O)c3ccsc3n2)c1)c1ccc(C(F)(F)F)cn1. The van der Waals surface area contributed by atoms with Crippen molar-refractivity contribution in [2.45, 2.75) is 11.7 Å². The second kappa shape index (κ2) is 10.2. The maximum atomic E-state index is 12.7. The fourth-order valence-corrected chi connectivity index (χ4v) is 6.12. The van der Waals surface area contributed by atoms with Gasteiger partial charge in [0.15, 0.2) is 5.82 Å². The zero-order valence-corrected chi connectivity index (χ0v) is 21.2. The highest BCUT2D eigenvalue weighted by atomic mass is 32.1. The Hall–Kier alpha value is -3.23. The molecule has 0 saturated carbocycles. The molecular weight excluding hydrogens is 573 g/mol. The molecule has 18 heteroatoms. The first-order chi connectivity index (χ1) is 17.6. The lowest BCUT2D eigenvalue weighted by Crippen LogP contribution is -2.21. The molecule has 1 amide bonds. The summed E-state index contributed by atoms with van der Waals surface area (Å²) in [7, 11) is -10.6. The van der Waals surface area contributed by atoms with Crippen molar-refractivity contribution in [1.82, 2.24) is 15.0 Å². The molecule has 0 spiro atoms. The van der Waals surface area contributed by atoms with Gasteiger partial charge < -0.3 is 30.2 Å². The van der Waals surface area contributed by atoms with Crippen molar-refractivity contribution >= 4 is 54.2 Å². The van der Waals surface area contributed by atoms with Gasteiger partial charge in [0.25, 0.3) is 5.91 Å².